The van der Waals surface area contributed by atoms with E-state index in [1.54, 1.807) is 52.8 Å². The summed E-state index contributed by atoms with van der Waals surface area (Å²) >= 11 is 0. The van der Waals surface area contributed by atoms with Gasteiger partial charge in [-0.3, -0.25) is 19.2 Å². The van der Waals surface area contributed by atoms with Crippen molar-refractivity contribution in [2.75, 3.05) is 6.54 Å². The second-order valence-electron chi connectivity index (χ2n) is 13.0. The minimum Gasteiger partial charge on any atom is -0.466 e. The van der Waals surface area contributed by atoms with E-state index >= 15 is 0 Å². The molecule has 2 fully saturated rings. The first kappa shape index (κ1) is 34.3. The highest BCUT2D eigenvalue weighted by Gasteiger charge is 2.45. The van der Waals surface area contributed by atoms with Crippen LogP contribution in [0.15, 0.2) is 35.5 Å². The number of nitrogens with zero attached hydrogens (tertiary/aromatic N) is 1. The highest BCUT2D eigenvalue weighted by molar-refractivity contribution is 6.37. The number of rotatable bonds is 14. The van der Waals surface area contributed by atoms with Crippen LogP contribution >= 0.6 is 0 Å². The van der Waals surface area contributed by atoms with Gasteiger partial charge in [0.15, 0.2) is 0 Å². The van der Waals surface area contributed by atoms with Gasteiger partial charge in [0.2, 0.25) is 17.6 Å². The summed E-state index contributed by atoms with van der Waals surface area (Å²) in [7, 11) is 0. The zero-order valence-corrected chi connectivity index (χ0v) is 26.1. The van der Waals surface area contributed by atoms with Crippen molar-refractivity contribution in [1.29, 1.82) is 0 Å². The molecular formula is C31H45N5O8. The fraction of sp³-hybridized carbons (Fsp3) is 0.613. The smallest absolute Gasteiger partial charge is 0.329 e. The van der Waals surface area contributed by atoms with Gasteiger partial charge in [0, 0.05) is 6.54 Å². The molecule has 0 spiro atoms. The molecule has 2 aliphatic rings. The summed E-state index contributed by atoms with van der Waals surface area (Å²) in [4.78, 5) is 79.0. The Balaban J connectivity index is 1.74. The number of carbonyl (C=O) groups excluding carboxylic acids is 6. The molecule has 1 aromatic rings. The van der Waals surface area contributed by atoms with Crippen molar-refractivity contribution in [2.24, 2.45) is 28.9 Å². The molecule has 5 N–H and O–H groups in total. The van der Waals surface area contributed by atoms with Gasteiger partial charge in [-0.2, -0.15) is 0 Å². The first-order valence-electron chi connectivity index (χ1n) is 14.9. The van der Waals surface area contributed by atoms with Crippen LogP contribution in [0.2, 0.25) is 0 Å². The number of Topliss-reactive ketones (excluding diaryl/α,β-unsaturated/α-hetero) is 1. The second kappa shape index (κ2) is 14.5. The number of primary amides is 1. The van der Waals surface area contributed by atoms with Gasteiger partial charge >= 0.3 is 12.0 Å². The Morgan fingerprint density at radius 3 is 2.34 bits per heavy atom. The summed E-state index contributed by atoms with van der Waals surface area (Å²) in [6.07, 6.45) is 5.44. The third-order valence-electron chi connectivity index (χ3n) is 7.93. The van der Waals surface area contributed by atoms with Crippen LogP contribution in [0.25, 0.3) is 0 Å². The first-order chi connectivity index (χ1) is 20.6. The summed E-state index contributed by atoms with van der Waals surface area (Å²) in [5.74, 6) is -3.66. The topological polar surface area (TPSA) is 190 Å². The highest BCUT2D eigenvalue weighted by atomic mass is 16.5. The summed E-state index contributed by atoms with van der Waals surface area (Å²) in [6, 6.07) is -1.59. The Hall–Kier alpha value is -4.16. The van der Waals surface area contributed by atoms with Crippen LogP contribution in [0.5, 0.6) is 0 Å². The predicted octanol–water partition coefficient (Wildman–Crippen LogP) is 1.80. The Bertz CT molecular complexity index is 1230. The van der Waals surface area contributed by atoms with Gasteiger partial charge < -0.3 is 35.7 Å². The number of esters is 1. The van der Waals surface area contributed by atoms with E-state index < -0.39 is 65.1 Å². The average molecular weight is 616 g/mol. The van der Waals surface area contributed by atoms with Gasteiger partial charge in [-0.25, -0.2) is 9.59 Å². The minimum absolute atomic E-state index is 0.100. The second-order valence-corrected chi connectivity index (χ2v) is 13.0. The molecular weight excluding hydrogens is 570 g/mol. The Morgan fingerprint density at radius 2 is 1.82 bits per heavy atom. The third kappa shape index (κ3) is 9.17. The fourth-order valence-electron chi connectivity index (χ4n) is 5.14. The van der Waals surface area contributed by atoms with Crippen molar-refractivity contribution in [3.05, 3.63) is 36.8 Å². The predicted molar refractivity (Wildman–Crippen MR) is 159 cm³/mol. The molecule has 1 unspecified atom stereocenters. The number of hydrogen-bond donors (Lipinski definition) is 4. The number of carbonyl (C=O) groups is 6. The van der Waals surface area contributed by atoms with Gasteiger partial charge in [0.05, 0.1) is 12.3 Å². The van der Waals surface area contributed by atoms with Crippen molar-refractivity contribution in [1.82, 2.24) is 20.9 Å². The molecule has 1 saturated carbocycles. The summed E-state index contributed by atoms with van der Waals surface area (Å²) in [6.45, 7) is 12.7. The quantitative estimate of drug-likeness (QED) is 0.138. The minimum atomic E-state index is -1.13. The van der Waals surface area contributed by atoms with Gasteiger partial charge in [-0.05, 0) is 48.1 Å². The molecule has 3 rings (SSSR count). The van der Waals surface area contributed by atoms with Gasteiger partial charge in [0.25, 0.3) is 5.91 Å². The van der Waals surface area contributed by atoms with E-state index in [9.17, 15) is 28.8 Å². The third-order valence-corrected chi connectivity index (χ3v) is 7.93. The number of hydrogen-bond acceptors (Lipinski definition) is 8. The van der Waals surface area contributed by atoms with Crippen molar-refractivity contribution >= 4 is 35.5 Å². The maximum atomic E-state index is 14.0. The molecule has 242 valence electrons. The standard InChI is InChI=1S/C31H45N5O8/c1-7-18-14-22(27(39)33-21(13-19-10-11-19)24(37)26(32)38)36(15-18)28(40)25(31(4,5)6)35-30(42)34-23(17(2)3)29(41)44-16-20-9-8-12-43-20/h7-9,12,17-19,21-23,25H,1,10-11,13-16H2,2-6H3,(H2,32,38)(H,33,39)(H2,34,35,42)/t18-,21?,22+,23+,25-/m1/s1. The van der Waals surface area contributed by atoms with E-state index in [1.165, 1.54) is 11.2 Å². The number of ether oxygens (including phenoxy) is 1. The number of nitrogens with one attached hydrogen (secondary N) is 3. The van der Waals surface area contributed by atoms with Crippen LogP contribution in [0, 0.1) is 23.2 Å². The van der Waals surface area contributed by atoms with Crippen molar-refractivity contribution in [3.8, 4) is 0 Å². The molecule has 13 nitrogen and oxygen atoms in total. The SMILES string of the molecule is C=C[C@@H]1C[C@@H](C(=O)NC(CC2CC2)C(=O)C(N)=O)N(C(=O)[C@@H](NC(=O)N[C@H](C(=O)OCc2ccco2)C(C)C)C(C)(C)C)C1. The van der Waals surface area contributed by atoms with Crippen LogP contribution in [-0.4, -0.2) is 71.1 Å². The molecule has 2 heterocycles. The molecule has 1 saturated heterocycles. The van der Waals surface area contributed by atoms with Crippen LogP contribution in [0.3, 0.4) is 0 Å². The molecule has 5 atom stereocenters. The number of furan rings is 1. The van der Waals surface area contributed by atoms with E-state index in [2.05, 4.69) is 22.5 Å². The molecule has 0 bridgehead atoms. The first-order valence-corrected chi connectivity index (χ1v) is 14.9. The molecule has 13 heteroatoms. The summed E-state index contributed by atoms with van der Waals surface area (Å²) in [5, 5.41) is 7.98. The van der Waals surface area contributed by atoms with Gasteiger partial charge in [0.1, 0.15) is 30.5 Å². The Labute approximate surface area is 257 Å². The molecule has 5 amide bonds. The molecule has 0 aromatic carbocycles. The van der Waals surface area contributed by atoms with E-state index in [0.717, 1.165) is 12.8 Å². The van der Waals surface area contributed by atoms with Crippen LogP contribution in [0.4, 0.5) is 4.79 Å². The van der Waals surface area contributed by atoms with Gasteiger partial charge in [-0.15, -0.1) is 6.58 Å². The largest absolute Gasteiger partial charge is 0.466 e. The number of urea groups is 1. The number of likely N-dealkylation sites (tertiary alicyclic amines) is 1. The molecule has 44 heavy (non-hydrogen) atoms. The van der Waals surface area contributed by atoms with Crippen molar-refractivity contribution in [3.63, 3.8) is 0 Å². The van der Waals surface area contributed by atoms with Crippen LogP contribution < -0.4 is 21.7 Å². The molecule has 1 aliphatic carbocycles. The lowest BCUT2D eigenvalue weighted by Crippen LogP contribution is -2.61. The summed E-state index contributed by atoms with van der Waals surface area (Å²) < 4.78 is 10.5. The number of amides is 5. The Kier molecular flexibility index (Phi) is 11.3. The highest BCUT2D eigenvalue weighted by Crippen LogP contribution is 2.34. The number of ketones is 1. The summed E-state index contributed by atoms with van der Waals surface area (Å²) in [5.41, 5.74) is 4.43. The Morgan fingerprint density at radius 1 is 1.14 bits per heavy atom. The lowest BCUT2D eigenvalue weighted by atomic mass is 9.85. The zero-order valence-electron chi connectivity index (χ0n) is 26.1. The maximum Gasteiger partial charge on any atom is 0.329 e. The lowest BCUT2D eigenvalue weighted by molar-refractivity contribution is -0.149. The van der Waals surface area contributed by atoms with Crippen molar-refractivity contribution in [2.45, 2.75) is 91.1 Å². The van der Waals surface area contributed by atoms with E-state index in [0.29, 0.717) is 12.2 Å². The molecule has 1 aliphatic heterocycles. The van der Waals surface area contributed by atoms with E-state index in [4.69, 9.17) is 14.9 Å². The van der Waals surface area contributed by atoms with Crippen LogP contribution in [-0.2, 0) is 35.3 Å². The lowest BCUT2D eigenvalue weighted by Gasteiger charge is -2.36. The zero-order chi connectivity index (χ0) is 32.8. The van der Waals surface area contributed by atoms with E-state index in [1.807, 2.05) is 0 Å². The average Bonchev–Trinajstić information content (AvgIpc) is 3.42. The monoisotopic (exact) mass is 615 g/mol. The normalized spacial score (nSPS) is 20.3. The number of nitrogens with two attached hydrogens (primary N) is 1. The maximum absolute atomic E-state index is 14.0. The van der Waals surface area contributed by atoms with Crippen LogP contribution in [0.1, 0.15) is 66.1 Å². The van der Waals surface area contributed by atoms with Gasteiger partial charge in [-0.1, -0.05) is 53.5 Å². The van der Waals surface area contributed by atoms with Crippen molar-refractivity contribution < 1.29 is 37.9 Å². The fourth-order valence-corrected chi connectivity index (χ4v) is 5.14. The molecule has 1 aromatic heterocycles. The molecule has 0 radical (unpaired) electrons. The van der Waals surface area contributed by atoms with E-state index in [-0.39, 0.29) is 37.3 Å².